The summed E-state index contributed by atoms with van der Waals surface area (Å²) in [6.07, 6.45) is 4.74. The van der Waals surface area contributed by atoms with Crippen molar-refractivity contribution in [3.8, 4) is 0 Å². The Labute approximate surface area is 104 Å². The summed E-state index contributed by atoms with van der Waals surface area (Å²) in [6.45, 7) is 1.25. The average molecular weight is 260 g/mol. The molecule has 0 aliphatic carbocycles. The fourth-order valence-corrected chi connectivity index (χ4v) is 5.67. The second kappa shape index (κ2) is 4.61. The fourth-order valence-electron chi connectivity index (χ4n) is 3.38. The number of hydrogen-bond acceptors (Lipinski definition) is 4. The third-order valence-corrected chi connectivity index (χ3v) is 6.28. The Morgan fingerprint density at radius 2 is 1.76 bits per heavy atom. The predicted octanol–water partition coefficient (Wildman–Crippen LogP) is 0.944. The van der Waals surface area contributed by atoms with E-state index in [9.17, 15) is 9.32 Å². The molecule has 2 unspecified atom stereocenters. The minimum Gasteiger partial charge on any atom is -0.390 e. The van der Waals surface area contributed by atoms with E-state index in [0.29, 0.717) is 32.5 Å². The number of rotatable bonds is 2. The van der Waals surface area contributed by atoms with Gasteiger partial charge in [-0.1, -0.05) is 6.42 Å². The Morgan fingerprint density at radius 1 is 1.18 bits per heavy atom. The number of ether oxygens (including phenoxy) is 2. The van der Waals surface area contributed by atoms with Crippen LogP contribution in [0.2, 0.25) is 0 Å². The zero-order valence-electron chi connectivity index (χ0n) is 9.97. The van der Waals surface area contributed by atoms with Crippen LogP contribution < -0.4 is 0 Å². The molecule has 3 aliphatic rings. The lowest BCUT2D eigenvalue weighted by Gasteiger charge is -2.44. The van der Waals surface area contributed by atoms with Crippen LogP contribution in [0.15, 0.2) is 0 Å². The summed E-state index contributed by atoms with van der Waals surface area (Å²) in [5.74, 6) is 0. The van der Waals surface area contributed by atoms with Crippen molar-refractivity contribution in [3.63, 3.8) is 0 Å². The highest BCUT2D eigenvalue weighted by atomic mass is 32.2. The molecule has 4 nitrogen and oxygen atoms in total. The van der Waals surface area contributed by atoms with Gasteiger partial charge in [0.15, 0.2) is 6.29 Å². The zero-order valence-corrected chi connectivity index (χ0v) is 10.8. The van der Waals surface area contributed by atoms with Gasteiger partial charge in [-0.3, -0.25) is 4.21 Å². The van der Waals surface area contributed by atoms with Crippen LogP contribution in [0.3, 0.4) is 0 Å². The summed E-state index contributed by atoms with van der Waals surface area (Å²) < 4.78 is 22.9. The second-order valence-corrected chi connectivity index (χ2v) is 7.50. The van der Waals surface area contributed by atoms with E-state index in [1.54, 1.807) is 0 Å². The summed E-state index contributed by atoms with van der Waals surface area (Å²) in [7, 11) is -0.727. The van der Waals surface area contributed by atoms with Gasteiger partial charge in [-0.25, -0.2) is 0 Å². The molecule has 0 aromatic rings. The largest absolute Gasteiger partial charge is 0.390 e. The quantitative estimate of drug-likeness (QED) is 0.803. The summed E-state index contributed by atoms with van der Waals surface area (Å²) in [4.78, 5) is 0. The lowest BCUT2D eigenvalue weighted by atomic mass is 9.83. The van der Waals surface area contributed by atoms with E-state index in [1.807, 2.05) is 0 Å². The molecule has 0 radical (unpaired) electrons. The second-order valence-electron chi connectivity index (χ2n) is 5.51. The Morgan fingerprint density at radius 3 is 2.35 bits per heavy atom. The maximum atomic E-state index is 12.1. The minimum atomic E-state index is -0.727. The summed E-state index contributed by atoms with van der Waals surface area (Å²) in [5.41, 5.74) is -0.724. The van der Waals surface area contributed by atoms with Gasteiger partial charge < -0.3 is 14.6 Å². The lowest BCUT2D eigenvalue weighted by molar-refractivity contribution is -0.110. The molecule has 2 atom stereocenters. The van der Waals surface area contributed by atoms with E-state index in [-0.39, 0.29) is 16.8 Å². The molecule has 3 saturated heterocycles. The SMILES string of the molecule is O=S1C2CCCC1CC(O)(CC1OCCO1)C2. The summed E-state index contributed by atoms with van der Waals surface area (Å²) in [5, 5.41) is 11.0. The molecule has 0 aromatic carbocycles. The standard InChI is InChI=1S/C12H20O4S/c13-12(8-11-15-4-5-16-11)6-9-2-1-3-10(7-12)17(9)14/h9-11,13H,1-8H2. The Kier molecular flexibility index (Phi) is 3.28. The first kappa shape index (κ1) is 12.1. The van der Waals surface area contributed by atoms with Crippen LogP contribution in [0.4, 0.5) is 0 Å². The normalized spacial score (nSPS) is 47.2. The van der Waals surface area contributed by atoms with Crippen molar-refractivity contribution in [2.75, 3.05) is 13.2 Å². The van der Waals surface area contributed by atoms with Crippen molar-refractivity contribution in [2.24, 2.45) is 0 Å². The van der Waals surface area contributed by atoms with E-state index in [4.69, 9.17) is 9.47 Å². The van der Waals surface area contributed by atoms with Crippen molar-refractivity contribution < 1.29 is 18.8 Å². The van der Waals surface area contributed by atoms with Crippen molar-refractivity contribution in [2.45, 2.75) is 60.9 Å². The van der Waals surface area contributed by atoms with E-state index >= 15 is 0 Å². The topological polar surface area (TPSA) is 55.8 Å². The number of hydrogen-bond donors (Lipinski definition) is 1. The maximum Gasteiger partial charge on any atom is 0.160 e. The molecule has 0 spiro atoms. The Hall–Kier alpha value is 0.0300. The van der Waals surface area contributed by atoms with Crippen molar-refractivity contribution in [1.82, 2.24) is 0 Å². The van der Waals surface area contributed by atoms with E-state index in [2.05, 4.69) is 0 Å². The van der Waals surface area contributed by atoms with E-state index in [1.165, 1.54) is 0 Å². The Bertz CT molecular complexity index is 298. The van der Waals surface area contributed by atoms with Gasteiger partial charge in [0.05, 0.1) is 18.8 Å². The minimum absolute atomic E-state index is 0.189. The molecule has 3 heterocycles. The van der Waals surface area contributed by atoms with Gasteiger partial charge in [0, 0.05) is 27.7 Å². The monoisotopic (exact) mass is 260 g/mol. The van der Waals surface area contributed by atoms with Crippen LogP contribution in [0.1, 0.15) is 38.5 Å². The third-order valence-electron chi connectivity index (χ3n) is 4.16. The molecule has 17 heavy (non-hydrogen) atoms. The molecule has 0 aromatic heterocycles. The van der Waals surface area contributed by atoms with Crippen molar-refractivity contribution >= 4 is 10.8 Å². The van der Waals surface area contributed by atoms with Gasteiger partial charge in [0.25, 0.3) is 0 Å². The highest BCUT2D eigenvalue weighted by Crippen LogP contribution is 2.41. The van der Waals surface area contributed by atoms with Gasteiger partial charge in [-0.05, 0) is 25.7 Å². The van der Waals surface area contributed by atoms with E-state index in [0.717, 1.165) is 19.3 Å². The van der Waals surface area contributed by atoms with Crippen LogP contribution >= 0.6 is 0 Å². The van der Waals surface area contributed by atoms with Crippen molar-refractivity contribution in [1.29, 1.82) is 0 Å². The summed E-state index contributed by atoms with van der Waals surface area (Å²) >= 11 is 0. The third kappa shape index (κ3) is 2.43. The molecule has 1 N–H and O–H groups in total. The van der Waals surface area contributed by atoms with Crippen molar-refractivity contribution in [3.05, 3.63) is 0 Å². The first-order valence-electron chi connectivity index (χ1n) is 6.51. The maximum absolute atomic E-state index is 12.1. The molecule has 2 bridgehead atoms. The van der Waals surface area contributed by atoms with Crippen LogP contribution in [0, 0.1) is 0 Å². The molecule has 3 rings (SSSR count). The zero-order chi connectivity index (χ0) is 11.9. The van der Waals surface area contributed by atoms with E-state index < -0.39 is 16.4 Å². The lowest BCUT2D eigenvalue weighted by Crippen LogP contribution is -2.50. The molecule has 3 fully saturated rings. The van der Waals surface area contributed by atoms with Gasteiger partial charge in [-0.15, -0.1) is 0 Å². The molecule has 0 amide bonds. The average Bonchev–Trinajstić information content (AvgIpc) is 2.73. The summed E-state index contributed by atoms with van der Waals surface area (Å²) in [6, 6.07) is 0. The molecule has 3 aliphatic heterocycles. The van der Waals surface area contributed by atoms with Gasteiger partial charge >= 0.3 is 0 Å². The molecular formula is C12H20O4S. The molecule has 0 saturated carbocycles. The molecule has 98 valence electrons. The smallest absolute Gasteiger partial charge is 0.160 e. The van der Waals surface area contributed by atoms with Gasteiger partial charge in [0.2, 0.25) is 0 Å². The Balaban J connectivity index is 1.68. The fraction of sp³-hybridized carbons (Fsp3) is 1.00. The van der Waals surface area contributed by atoms with Crippen LogP contribution in [0.25, 0.3) is 0 Å². The first-order chi connectivity index (χ1) is 8.16. The molecular weight excluding hydrogens is 240 g/mol. The van der Waals surface area contributed by atoms with Gasteiger partial charge in [0.1, 0.15) is 0 Å². The predicted molar refractivity (Wildman–Crippen MR) is 64.1 cm³/mol. The highest BCUT2D eigenvalue weighted by Gasteiger charge is 2.46. The first-order valence-corrected chi connectivity index (χ1v) is 7.79. The molecule has 5 heteroatoms. The van der Waals surface area contributed by atoms with Crippen LogP contribution in [-0.4, -0.2) is 44.9 Å². The highest BCUT2D eigenvalue weighted by molar-refractivity contribution is 7.86. The number of aliphatic hydroxyl groups is 1. The van der Waals surface area contributed by atoms with Crippen LogP contribution in [-0.2, 0) is 20.3 Å². The van der Waals surface area contributed by atoms with Gasteiger partial charge in [-0.2, -0.15) is 0 Å². The number of fused-ring (bicyclic) bond motifs is 2. The van der Waals surface area contributed by atoms with Crippen LogP contribution in [0.5, 0.6) is 0 Å².